The molecule has 0 saturated carbocycles. The minimum absolute atomic E-state index is 1.05. The molecule has 0 rings (SSSR count). The summed E-state index contributed by atoms with van der Waals surface area (Å²) < 4.78 is 1.05. The molecule has 0 aromatic carbocycles. The summed E-state index contributed by atoms with van der Waals surface area (Å²) in [6.45, 7) is 2.39. The van der Waals surface area contributed by atoms with E-state index < -0.39 is 0 Å². The molecule has 0 aromatic heterocycles. The molecule has 0 amide bonds. The average molecular weight is 197 g/mol. The molecule has 0 unspecified atom stereocenters. The van der Waals surface area contributed by atoms with Crippen molar-refractivity contribution in [3.8, 4) is 6.19 Å². The highest BCUT2D eigenvalue weighted by atomic mass is 15.3. The molecule has 0 heterocycles. The first-order chi connectivity index (χ1) is 6.33. The van der Waals surface area contributed by atoms with Crippen LogP contribution < -0.4 is 0 Å². The number of likely N-dealkylation sites (N-methyl/N-ethyl adjacent to an activating group) is 2. The summed E-state index contributed by atoms with van der Waals surface area (Å²) in [6.07, 6.45) is 1.28. The first kappa shape index (κ1) is 15.3. The van der Waals surface area contributed by atoms with Crippen LogP contribution in [0.15, 0.2) is 4.99 Å². The van der Waals surface area contributed by atoms with Crippen LogP contribution in [0.4, 0.5) is 0 Å². The number of nitriles is 1. The molecular formula is C9H19N5. The summed E-state index contributed by atoms with van der Waals surface area (Å²) in [5.74, 6) is 0. The summed E-state index contributed by atoms with van der Waals surface area (Å²) in [5.41, 5.74) is 0. The van der Waals surface area contributed by atoms with Gasteiger partial charge < -0.3 is 19.8 Å². The van der Waals surface area contributed by atoms with Crippen molar-refractivity contribution in [2.45, 2.75) is 0 Å². The Morgan fingerprint density at radius 1 is 1.36 bits per heavy atom. The second kappa shape index (κ2) is 8.39. The van der Waals surface area contributed by atoms with Crippen LogP contribution >= 0.6 is 0 Å². The lowest BCUT2D eigenvalue weighted by molar-refractivity contribution is -0.869. The van der Waals surface area contributed by atoms with Crippen LogP contribution in [0.2, 0.25) is 0 Å². The van der Waals surface area contributed by atoms with Crippen molar-refractivity contribution >= 4 is 6.01 Å². The third-order valence-corrected chi connectivity index (χ3v) is 1.32. The molecule has 80 valence electrons. The number of quaternary nitrogens is 1. The van der Waals surface area contributed by atoms with Crippen LogP contribution in [-0.2, 0) is 0 Å². The van der Waals surface area contributed by atoms with Crippen LogP contribution in [-0.4, -0.2) is 63.7 Å². The van der Waals surface area contributed by atoms with Crippen molar-refractivity contribution in [1.29, 1.82) is 5.26 Å². The molecule has 0 N–H and O–H groups in total. The molecule has 0 aliphatic heterocycles. The Labute approximate surface area is 86.4 Å². The Kier molecular flexibility index (Phi) is 9.15. The highest BCUT2D eigenvalue weighted by molar-refractivity contribution is 5.46. The Bertz CT molecular complexity index is 214. The number of hydrogen-bond donors (Lipinski definition) is 0. The van der Waals surface area contributed by atoms with Gasteiger partial charge in [0.2, 0.25) is 0 Å². The smallest absolute Gasteiger partial charge is 0.0925 e. The Morgan fingerprint density at radius 2 is 1.86 bits per heavy atom. The van der Waals surface area contributed by atoms with E-state index in [0.29, 0.717) is 0 Å². The molecule has 0 aliphatic carbocycles. The molecule has 14 heavy (non-hydrogen) atoms. The zero-order valence-electron chi connectivity index (χ0n) is 9.65. The summed E-state index contributed by atoms with van der Waals surface area (Å²) in [6, 6.07) is 1.28. The largest absolute Gasteiger partial charge is 0.422 e. The summed E-state index contributed by atoms with van der Waals surface area (Å²) in [5, 5.41) is 14.9. The van der Waals surface area contributed by atoms with Gasteiger partial charge in [-0.05, 0) is 14.1 Å². The molecule has 0 radical (unpaired) electrons. The molecule has 0 spiro atoms. The van der Waals surface area contributed by atoms with E-state index >= 15 is 0 Å². The van der Waals surface area contributed by atoms with Gasteiger partial charge in [-0.2, -0.15) is 5.26 Å². The Balaban J connectivity index is 0. The number of nitrogens with zero attached hydrogens (tertiary/aromatic N) is 5. The lowest BCUT2D eigenvalue weighted by Gasteiger charge is -2.25. The molecule has 0 fully saturated rings. The van der Waals surface area contributed by atoms with E-state index in [2.05, 4.69) is 45.1 Å². The zero-order chi connectivity index (χ0) is 11.6. The fourth-order valence-corrected chi connectivity index (χ4v) is 0.522. The van der Waals surface area contributed by atoms with Crippen LogP contribution in [0.5, 0.6) is 0 Å². The quantitative estimate of drug-likeness (QED) is 0.375. The number of aliphatic imine (C=N–C) groups is 1. The number of rotatable bonds is 3. The fourth-order valence-electron chi connectivity index (χ4n) is 0.522. The lowest BCUT2D eigenvalue weighted by atomic mass is 10.5. The predicted molar refractivity (Wildman–Crippen MR) is 57.9 cm³/mol. The maximum atomic E-state index is 7.43. The molecule has 5 heteroatoms. The Morgan fingerprint density at radius 3 is 1.93 bits per heavy atom. The summed E-state index contributed by atoms with van der Waals surface area (Å²) in [4.78, 5) is 4.80. The first-order valence-electron chi connectivity index (χ1n) is 4.26. The van der Waals surface area contributed by atoms with Crippen LogP contribution in [0.1, 0.15) is 0 Å². The van der Waals surface area contributed by atoms with Gasteiger partial charge in [0.25, 0.3) is 0 Å². The van der Waals surface area contributed by atoms with E-state index in [4.69, 9.17) is 10.7 Å². The van der Waals surface area contributed by atoms with Gasteiger partial charge in [0, 0.05) is 6.54 Å². The van der Waals surface area contributed by atoms with E-state index in [1.54, 1.807) is 0 Å². The maximum absolute atomic E-state index is 7.43. The lowest BCUT2D eigenvalue weighted by Crippen LogP contribution is -2.40. The highest BCUT2D eigenvalue weighted by Crippen LogP contribution is 1.88. The molecule has 0 bridgehead atoms. The summed E-state index contributed by atoms with van der Waals surface area (Å²) >= 11 is 0. The van der Waals surface area contributed by atoms with Crippen molar-refractivity contribution in [3.05, 3.63) is 5.41 Å². The molecule has 0 saturated heterocycles. The molecule has 5 nitrogen and oxygen atoms in total. The van der Waals surface area contributed by atoms with E-state index in [1.807, 2.05) is 0 Å². The van der Waals surface area contributed by atoms with Gasteiger partial charge in [-0.25, -0.2) is 0 Å². The van der Waals surface area contributed by atoms with Crippen molar-refractivity contribution in [3.63, 3.8) is 0 Å². The number of hydrogen-bond acceptors (Lipinski definition) is 3. The van der Waals surface area contributed by atoms with Crippen LogP contribution in [0.25, 0.3) is 5.41 Å². The molecule has 0 aromatic rings. The van der Waals surface area contributed by atoms with E-state index in [1.165, 1.54) is 25.3 Å². The molecule has 0 atom stereocenters. The van der Waals surface area contributed by atoms with Gasteiger partial charge in [0.05, 0.1) is 33.9 Å². The van der Waals surface area contributed by atoms with Crippen molar-refractivity contribution in [1.82, 2.24) is 4.90 Å². The van der Waals surface area contributed by atoms with Crippen molar-refractivity contribution < 1.29 is 4.48 Å². The monoisotopic (exact) mass is 197 g/mol. The van der Waals surface area contributed by atoms with Gasteiger partial charge >= 0.3 is 0 Å². The van der Waals surface area contributed by atoms with E-state index in [9.17, 15) is 0 Å². The Hall–Kier alpha value is -1.21. The van der Waals surface area contributed by atoms with Gasteiger partial charge in [-0.3, -0.25) is 0 Å². The van der Waals surface area contributed by atoms with Gasteiger partial charge in [-0.15, -0.1) is 6.01 Å². The normalized spacial score (nSPS) is 9.50. The fraction of sp³-hybridized carbons (Fsp3) is 0.778. The van der Waals surface area contributed by atoms with Gasteiger partial charge in [0.15, 0.2) is 0 Å². The average Bonchev–Trinajstić information content (AvgIpc) is 2.02. The van der Waals surface area contributed by atoms with Crippen LogP contribution in [0.3, 0.4) is 0 Å². The topological polar surface area (TPSA) is 61.7 Å². The van der Waals surface area contributed by atoms with E-state index in [-0.39, 0.29) is 0 Å². The van der Waals surface area contributed by atoms with Crippen molar-refractivity contribution in [2.75, 3.05) is 48.3 Å². The molecule has 0 aliphatic rings. The minimum atomic E-state index is 1.05. The van der Waals surface area contributed by atoms with E-state index in [0.717, 1.165) is 4.48 Å². The standard InChI is InChI=1S/C7H19N2.C2N3/c1-8(2)6-7-9(3,4)5;3-1-5-2-4/h6-7H2,1-5H3;/q+1;-1. The van der Waals surface area contributed by atoms with Crippen molar-refractivity contribution in [2.24, 2.45) is 4.99 Å². The third kappa shape index (κ3) is 22.4. The predicted octanol–water partition coefficient (Wildman–Crippen LogP) is 0.465. The molecular weight excluding hydrogens is 178 g/mol. The van der Waals surface area contributed by atoms with Crippen LogP contribution in [0, 0.1) is 11.5 Å². The third-order valence-electron chi connectivity index (χ3n) is 1.32. The zero-order valence-corrected chi connectivity index (χ0v) is 9.65. The minimum Gasteiger partial charge on any atom is -0.422 e. The second-order valence-corrected chi connectivity index (χ2v) is 4.13. The summed E-state index contributed by atoms with van der Waals surface area (Å²) in [7, 11) is 10.8. The SMILES string of the molecule is CN(C)CC[N+](C)(C)C.N#CN=C=[N-]. The van der Waals surface area contributed by atoms with Gasteiger partial charge in [0.1, 0.15) is 0 Å². The first-order valence-corrected chi connectivity index (χ1v) is 4.26. The maximum Gasteiger partial charge on any atom is 0.0925 e. The highest BCUT2D eigenvalue weighted by Gasteiger charge is 2.05. The van der Waals surface area contributed by atoms with Gasteiger partial charge in [-0.1, -0.05) is 0 Å². The second-order valence-electron chi connectivity index (χ2n) is 4.13.